The number of ether oxygens (including phenoxy) is 1. The third-order valence-corrected chi connectivity index (χ3v) is 3.35. The molecule has 118 valence electrons. The molecular formula is C16H15N3O4. The molecule has 0 bridgehead atoms. The first kappa shape index (κ1) is 14.8. The van der Waals surface area contributed by atoms with Crippen LogP contribution in [-0.4, -0.2) is 22.9 Å². The molecule has 3 aromatic rings. The number of nitrogens with one attached hydrogen (secondary N) is 1. The molecule has 7 nitrogen and oxygen atoms in total. The molecule has 0 aliphatic rings. The third kappa shape index (κ3) is 2.94. The molecule has 3 rings (SSSR count). The zero-order valence-corrected chi connectivity index (χ0v) is 12.6. The molecule has 1 heterocycles. The summed E-state index contributed by atoms with van der Waals surface area (Å²) < 4.78 is 11.3. The molecular weight excluding hydrogens is 298 g/mol. The number of nitrogens with zero attached hydrogens (tertiary/aromatic N) is 2. The number of hydrogen-bond acceptors (Lipinski definition) is 5. The molecule has 0 saturated heterocycles. The lowest BCUT2D eigenvalue weighted by Crippen LogP contribution is -2.32. The van der Waals surface area contributed by atoms with Gasteiger partial charge in [0.2, 0.25) is 0 Å². The van der Waals surface area contributed by atoms with Gasteiger partial charge in [0.1, 0.15) is 5.75 Å². The Morgan fingerprint density at radius 1 is 1.26 bits per heavy atom. The fourth-order valence-corrected chi connectivity index (χ4v) is 2.19. The highest BCUT2D eigenvalue weighted by molar-refractivity contribution is 5.83. The highest BCUT2D eigenvalue weighted by atomic mass is 16.5. The second kappa shape index (κ2) is 5.96. The van der Waals surface area contributed by atoms with Gasteiger partial charge in [-0.3, -0.25) is 0 Å². The zero-order chi connectivity index (χ0) is 16.4. The molecule has 1 unspecified atom stereocenters. The molecule has 7 heteroatoms. The Morgan fingerprint density at radius 2 is 2.00 bits per heavy atom. The highest BCUT2D eigenvalue weighted by Gasteiger charge is 2.19. The summed E-state index contributed by atoms with van der Waals surface area (Å²) in [6.07, 6.45) is -0.616. The number of carbonyl (C=O) groups excluding carboxylic acids is 1. The van der Waals surface area contributed by atoms with Crippen LogP contribution in [0.5, 0.6) is 5.75 Å². The van der Waals surface area contributed by atoms with Gasteiger partial charge in [-0.1, -0.05) is 30.3 Å². The summed E-state index contributed by atoms with van der Waals surface area (Å²) in [5.74, 6) is -0.201. The number of rotatable bonds is 3. The van der Waals surface area contributed by atoms with Crippen molar-refractivity contribution >= 4 is 16.8 Å². The van der Waals surface area contributed by atoms with Crippen LogP contribution in [0.2, 0.25) is 0 Å². The number of aromatic nitrogens is 2. The van der Waals surface area contributed by atoms with E-state index in [2.05, 4.69) is 10.4 Å². The molecule has 0 aliphatic carbocycles. The lowest BCUT2D eigenvalue weighted by atomic mass is 10.1. The van der Waals surface area contributed by atoms with E-state index in [0.717, 1.165) is 10.8 Å². The first-order chi connectivity index (χ1) is 11.1. The number of fused-ring (bicyclic) bond motifs is 1. The zero-order valence-electron chi connectivity index (χ0n) is 12.6. The van der Waals surface area contributed by atoms with Crippen LogP contribution in [0.15, 0.2) is 51.7 Å². The summed E-state index contributed by atoms with van der Waals surface area (Å²) in [6.45, 7) is 1.69. The van der Waals surface area contributed by atoms with Gasteiger partial charge in [-0.05, 0) is 29.8 Å². The fourth-order valence-electron chi connectivity index (χ4n) is 2.19. The van der Waals surface area contributed by atoms with Gasteiger partial charge in [-0.25, -0.2) is 9.59 Å². The van der Waals surface area contributed by atoms with Crippen molar-refractivity contribution in [2.24, 2.45) is 0 Å². The summed E-state index contributed by atoms with van der Waals surface area (Å²) >= 11 is 0. The molecule has 0 saturated carbocycles. The van der Waals surface area contributed by atoms with Gasteiger partial charge < -0.3 is 14.5 Å². The van der Waals surface area contributed by atoms with E-state index < -0.39 is 17.9 Å². The predicted molar refractivity (Wildman–Crippen MR) is 83.6 cm³/mol. The van der Waals surface area contributed by atoms with Gasteiger partial charge in [0.25, 0.3) is 5.89 Å². The van der Waals surface area contributed by atoms with E-state index in [1.165, 1.54) is 7.05 Å². The van der Waals surface area contributed by atoms with E-state index in [9.17, 15) is 9.59 Å². The Bertz CT molecular complexity index is 913. The largest absolute Gasteiger partial charge is 0.481 e. The first-order valence-electron chi connectivity index (χ1n) is 7.06. The minimum atomic E-state index is -0.853. The van der Waals surface area contributed by atoms with Gasteiger partial charge in [-0.2, -0.15) is 0 Å². The molecule has 0 radical (unpaired) electrons. The van der Waals surface area contributed by atoms with Crippen LogP contribution in [0, 0.1) is 0 Å². The van der Waals surface area contributed by atoms with Crippen molar-refractivity contribution in [3.05, 3.63) is 58.9 Å². The minimum Gasteiger partial charge on any atom is -0.481 e. The second-order valence-corrected chi connectivity index (χ2v) is 4.94. The topological polar surface area (TPSA) is 86.4 Å². The molecule has 2 aromatic carbocycles. The fraction of sp³-hybridized carbons (Fsp3) is 0.188. The van der Waals surface area contributed by atoms with E-state index in [-0.39, 0.29) is 5.89 Å². The summed E-state index contributed by atoms with van der Waals surface area (Å²) in [5.41, 5.74) is 0. The van der Waals surface area contributed by atoms with E-state index in [0.29, 0.717) is 10.4 Å². The molecule has 1 atom stereocenters. The Labute approximate surface area is 131 Å². The van der Waals surface area contributed by atoms with Crippen molar-refractivity contribution < 1.29 is 13.9 Å². The number of amides is 1. The van der Waals surface area contributed by atoms with Crippen molar-refractivity contribution in [1.82, 2.24) is 15.1 Å². The lowest BCUT2D eigenvalue weighted by Gasteiger charge is -2.11. The van der Waals surface area contributed by atoms with E-state index >= 15 is 0 Å². The van der Waals surface area contributed by atoms with Crippen molar-refractivity contribution in [1.29, 1.82) is 0 Å². The van der Waals surface area contributed by atoms with Crippen molar-refractivity contribution in [2.45, 2.75) is 13.0 Å². The van der Waals surface area contributed by atoms with Crippen LogP contribution in [0.25, 0.3) is 10.8 Å². The Kier molecular flexibility index (Phi) is 3.84. The minimum absolute atomic E-state index is 0.0340. The van der Waals surface area contributed by atoms with Crippen molar-refractivity contribution in [2.75, 3.05) is 7.05 Å². The normalized spacial score (nSPS) is 12.1. The highest BCUT2D eigenvalue weighted by Crippen LogP contribution is 2.24. The Morgan fingerprint density at radius 3 is 2.74 bits per heavy atom. The summed E-state index contributed by atoms with van der Waals surface area (Å²) in [4.78, 5) is 23.1. The Balaban J connectivity index is 1.84. The summed E-state index contributed by atoms with van der Waals surface area (Å²) in [6, 6.07) is 12.9. The molecule has 23 heavy (non-hydrogen) atoms. The smallest absolute Gasteiger partial charge is 0.446 e. The van der Waals surface area contributed by atoms with Gasteiger partial charge in [0.05, 0.1) is 0 Å². The Hall–Kier alpha value is -3.09. The van der Waals surface area contributed by atoms with Crippen LogP contribution >= 0.6 is 0 Å². The van der Waals surface area contributed by atoms with E-state index in [1.54, 1.807) is 6.92 Å². The quantitative estimate of drug-likeness (QED) is 0.802. The molecule has 1 N–H and O–H groups in total. The standard InChI is InChI=1S/C16H15N3O4/c1-10(14-18-19(15(20)17-2)16(21)23-14)22-13-8-7-11-5-3-4-6-12(11)9-13/h3-10H,1-2H3,(H,17,20). The third-order valence-electron chi connectivity index (χ3n) is 3.35. The molecule has 0 spiro atoms. The average Bonchev–Trinajstić information content (AvgIpc) is 2.96. The van der Waals surface area contributed by atoms with Crippen LogP contribution in [0.1, 0.15) is 18.9 Å². The first-order valence-corrected chi connectivity index (χ1v) is 7.06. The van der Waals surface area contributed by atoms with Crippen molar-refractivity contribution in [3.8, 4) is 5.75 Å². The molecule has 0 aliphatic heterocycles. The van der Waals surface area contributed by atoms with Crippen LogP contribution in [0.4, 0.5) is 4.79 Å². The van der Waals surface area contributed by atoms with Gasteiger partial charge in [0.15, 0.2) is 6.10 Å². The maximum Gasteiger partial charge on any atom is 0.446 e. The van der Waals surface area contributed by atoms with Gasteiger partial charge in [0, 0.05) is 7.05 Å². The monoisotopic (exact) mass is 313 g/mol. The number of benzene rings is 2. The maximum absolute atomic E-state index is 11.6. The van der Waals surface area contributed by atoms with Crippen LogP contribution < -0.4 is 15.8 Å². The van der Waals surface area contributed by atoms with Crippen LogP contribution in [0.3, 0.4) is 0 Å². The average molecular weight is 313 g/mol. The second-order valence-electron chi connectivity index (χ2n) is 4.94. The molecule has 0 fully saturated rings. The van der Waals surface area contributed by atoms with E-state index in [4.69, 9.17) is 9.15 Å². The van der Waals surface area contributed by atoms with E-state index in [1.807, 2.05) is 42.5 Å². The number of carbonyl (C=O) groups is 1. The molecule has 1 amide bonds. The SMILES string of the molecule is CNC(=O)n1nc(C(C)Oc2ccc3ccccc3c2)oc1=O. The molecule has 1 aromatic heterocycles. The van der Waals surface area contributed by atoms with Crippen LogP contribution in [-0.2, 0) is 0 Å². The lowest BCUT2D eigenvalue weighted by molar-refractivity contribution is 0.186. The predicted octanol–water partition coefficient (Wildman–Crippen LogP) is 2.32. The summed E-state index contributed by atoms with van der Waals surface area (Å²) in [5, 5.41) is 8.28. The van der Waals surface area contributed by atoms with Gasteiger partial charge >= 0.3 is 11.8 Å². The van der Waals surface area contributed by atoms with Gasteiger partial charge in [-0.15, -0.1) is 9.78 Å². The maximum atomic E-state index is 11.6. The summed E-state index contributed by atoms with van der Waals surface area (Å²) in [7, 11) is 1.40. The van der Waals surface area contributed by atoms with Crippen molar-refractivity contribution in [3.63, 3.8) is 0 Å². The number of hydrogen-bond donors (Lipinski definition) is 1.